The van der Waals surface area contributed by atoms with E-state index in [-0.39, 0.29) is 5.56 Å². The van der Waals surface area contributed by atoms with Gasteiger partial charge in [0.15, 0.2) is 0 Å². The Kier molecular flexibility index (Phi) is 3.35. The first-order valence-electron chi connectivity index (χ1n) is 6.66. The second-order valence-corrected chi connectivity index (χ2v) is 4.85. The number of aromatic nitrogens is 4. The Balaban J connectivity index is 1.86. The zero-order valence-electron chi connectivity index (χ0n) is 11.8. The van der Waals surface area contributed by atoms with Crippen LogP contribution in [-0.2, 0) is 6.54 Å². The van der Waals surface area contributed by atoms with Crippen LogP contribution in [0.1, 0.15) is 17.2 Å². The van der Waals surface area contributed by atoms with Gasteiger partial charge in [-0.25, -0.2) is 15.0 Å². The fraction of sp³-hybridized carbons (Fsp3) is 0.200. The number of H-pyrrole nitrogens is 1. The molecule has 1 aromatic carbocycles. The smallest absolute Gasteiger partial charge is 0.260 e. The van der Waals surface area contributed by atoms with Gasteiger partial charge in [-0.2, -0.15) is 0 Å². The van der Waals surface area contributed by atoms with Gasteiger partial charge in [-0.3, -0.25) is 9.78 Å². The molecule has 6 heteroatoms. The first-order valence-corrected chi connectivity index (χ1v) is 6.66. The Bertz CT molecular complexity index is 836. The summed E-state index contributed by atoms with van der Waals surface area (Å²) in [7, 11) is 0. The maximum atomic E-state index is 12.0. The highest BCUT2D eigenvalue weighted by Crippen LogP contribution is 2.08. The predicted molar refractivity (Wildman–Crippen MR) is 81.2 cm³/mol. The van der Waals surface area contributed by atoms with Crippen LogP contribution < -0.4 is 10.9 Å². The number of para-hydroxylation sites is 1. The van der Waals surface area contributed by atoms with E-state index in [1.54, 1.807) is 6.07 Å². The summed E-state index contributed by atoms with van der Waals surface area (Å²) in [5.74, 6) is 1.09. The largest absolute Gasteiger partial charge is 0.348 e. The third-order valence-corrected chi connectivity index (χ3v) is 3.06. The lowest BCUT2D eigenvalue weighted by Gasteiger charge is -2.07. The zero-order chi connectivity index (χ0) is 14.8. The monoisotopic (exact) mass is 281 g/mol. The van der Waals surface area contributed by atoms with Crippen molar-refractivity contribution >= 4 is 16.9 Å². The molecule has 0 aliphatic heterocycles. The Morgan fingerprint density at radius 3 is 2.57 bits per heavy atom. The molecule has 0 saturated carbocycles. The second-order valence-electron chi connectivity index (χ2n) is 4.85. The van der Waals surface area contributed by atoms with Gasteiger partial charge in [-0.05, 0) is 32.0 Å². The summed E-state index contributed by atoms with van der Waals surface area (Å²) >= 11 is 0. The molecule has 0 amide bonds. The van der Waals surface area contributed by atoms with Crippen LogP contribution in [0.3, 0.4) is 0 Å². The lowest BCUT2D eigenvalue weighted by atomic mass is 10.2. The summed E-state index contributed by atoms with van der Waals surface area (Å²) in [6.45, 7) is 4.26. The van der Waals surface area contributed by atoms with Crippen molar-refractivity contribution in [2.75, 3.05) is 5.32 Å². The normalized spacial score (nSPS) is 10.8. The van der Waals surface area contributed by atoms with Gasteiger partial charge < -0.3 is 5.32 Å². The van der Waals surface area contributed by atoms with Crippen molar-refractivity contribution in [2.24, 2.45) is 0 Å². The summed E-state index contributed by atoms with van der Waals surface area (Å²) in [4.78, 5) is 27.7. The molecule has 3 rings (SSSR count). The number of anilines is 1. The Hall–Kier alpha value is -2.76. The topological polar surface area (TPSA) is 83.6 Å². The van der Waals surface area contributed by atoms with E-state index in [9.17, 15) is 4.79 Å². The number of nitrogens with one attached hydrogen (secondary N) is 2. The fourth-order valence-corrected chi connectivity index (χ4v) is 2.21. The van der Waals surface area contributed by atoms with Gasteiger partial charge in [0.1, 0.15) is 5.82 Å². The van der Waals surface area contributed by atoms with Crippen molar-refractivity contribution in [1.29, 1.82) is 0 Å². The maximum Gasteiger partial charge on any atom is 0.260 e. The molecule has 0 atom stereocenters. The van der Waals surface area contributed by atoms with E-state index in [1.165, 1.54) is 0 Å². The quantitative estimate of drug-likeness (QED) is 0.766. The maximum absolute atomic E-state index is 12.0. The number of hydrogen-bond donors (Lipinski definition) is 2. The minimum Gasteiger partial charge on any atom is -0.348 e. The van der Waals surface area contributed by atoms with Crippen molar-refractivity contribution in [3.63, 3.8) is 0 Å². The number of hydrogen-bond acceptors (Lipinski definition) is 5. The van der Waals surface area contributed by atoms with Crippen molar-refractivity contribution in [2.45, 2.75) is 20.4 Å². The van der Waals surface area contributed by atoms with Crippen LogP contribution >= 0.6 is 0 Å². The molecule has 6 nitrogen and oxygen atoms in total. The molecule has 0 aliphatic rings. The van der Waals surface area contributed by atoms with Crippen LogP contribution in [-0.4, -0.2) is 19.9 Å². The highest BCUT2D eigenvalue weighted by atomic mass is 16.1. The minimum absolute atomic E-state index is 0.163. The summed E-state index contributed by atoms with van der Waals surface area (Å²) in [6.07, 6.45) is 0. The molecule has 0 saturated heterocycles. The summed E-state index contributed by atoms with van der Waals surface area (Å²) in [5, 5.41) is 3.63. The van der Waals surface area contributed by atoms with Crippen molar-refractivity contribution in [1.82, 2.24) is 19.9 Å². The van der Waals surface area contributed by atoms with Crippen molar-refractivity contribution < 1.29 is 0 Å². The highest BCUT2D eigenvalue weighted by Gasteiger charge is 2.04. The number of fused-ring (bicyclic) bond motifs is 1. The van der Waals surface area contributed by atoms with E-state index < -0.39 is 0 Å². The van der Waals surface area contributed by atoms with Crippen LogP contribution in [0.25, 0.3) is 10.9 Å². The van der Waals surface area contributed by atoms with E-state index >= 15 is 0 Å². The van der Waals surface area contributed by atoms with Gasteiger partial charge >= 0.3 is 0 Å². The van der Waals surface area contributed by atoms with Crippen LogP contribution in [0.2, 0.25) is 0 Å². The number of aromatic amines is 1. The van der Waals surface area contributed by atoms with Crippen LogP contribution in [0.4, 0.5) is 5.95 Å². The van der Waals surface area contributed by atoms with Gasteiger partial charge in [0.05, 0.1) is 17.4 Å². The fourth-order valence-electron chi connectivity index (χ4n) is 2.21. The SMILES string of the molecule is Cc1cc(C)nc(CNc2nc3ccccc3c(=O)[nH]2)n1. The standard InChI is InChI=1S/C15H15N5O/c1-9-7-10(2)18-13(17-9)8-16-15-19-12-6-4-3-5-11(12)14(21)20-15/h3-7H,8H2,1-2H3,(H2,16,19,20,21). The number of nitrogens with zero attached hydrogens (tertiary/aromatic N) is 3. The molecule has 2 heterocycles. The molecule has 0 aliphatic carbocycles. The summed E-state index contributed by atoms with van der Waals surface area (Å²) in [5.41, 5.74) is 2.33. The molecule has 106 valence electrons. The molecule has 21 heavy (non-hydrogen) atoms. The molecule has 3 aromatic rings. The van der Waals surface area contributed by atoms with Crippen LogP contribution in [0.5, 0.6) is 0 Å². The van der Waals surface area contributed by atoms with E-state index in [0.717, 1.165) is 11.4 Å². The third-order valence-electron chi connectivity index (χ3n) is 3.06. The molecular weight excluding hydrogens is 266 g/mol. The minimum atomic E-state index is -0.163. The van der Waals surface area contributed by atoms with Gasteiger partial charge in [0.25, 0.3) is 5.56 Å². The molecule has 2 N–H and O–H groups in total. The highest BCUT2D eigenvalue weighted by molar-refractivity contribution is 5.78. The third kappa shape index (κ3) is 2.89. The van der Waals surface area contributed by atoms with E-state index in [4.69, 9.17) is 0 Å². The van der Waals surface area contributed by atoms with Gasteiger partial charge in [0, 0.05) is 11.4 Å². The summed E-state index contributed by atoms with van der Waals surface area (Å²) < 4.78 is 0. The molecule has 0 fully saturated rings. The van der Waals surface area contributed by atoms with Gasteiger partial charge in [-0.15, -0.1) is 0 Å². The van der Waals surface area contributed by atoms with E-state index in [0.29, 0.717) is 29.2 Å². The molecule has 0 unspecified atom stereocenters. The first-order chi connectivity index (χ1) is 10.1. The van der Waals surface area contributed by atoms with Gasteiger partial charge in [0.2, 0.25) is 5.95 Å². The average Bonchev–Trinajstić information content (AvgIpc) is 2.44. The number of benzene rings is 1. The van der Waals surface area contributed by atoms with E-state index in [2.05, 4.69) is 25.3 Å². The van der Waals surface area contributed by atoms with Gasteiger partial charge in [-0.1, -0.05) is 12.1 Å². The Labute approximate surface area is 121 Å². The molecule has 0 bridgehead atoms. The van der Waals surface area contributed by atoms with Crippen molar-refractivity contribution in [3.05, 3.63) is 57.9 Å². The average molecular weight is 281 g/mol. The zero-order valence-corrected chi connectivity index (χ0v) is 11.8. The molecule has 2 aromatic heterocycles. The molecular formula is C15H15N5O. The molecule has 0 radical (unpaired) electrons. The number of aryl methyl sites for hydroxylation is 2. The molecule has 0 spiro atoms. The summed E-state index contributed by atoms with van der Waals surface area (Å²) in [6, 6.07) is 9.14. The Morgan fingerprint density at radius 2 is 1.81 bits per heavy atom. The van der Waals surface area contributed by atoms with E-state index in [1.807, 2.05) is 38.1 Å². The lowest BCUT2D eigenvalue weighted by molar-refractivity contribution is 0.892. The lowest BCUT2D eigenvalue weighted by Crippen LogP contribution is -2.14. The Morgan fingerprint density at radius 1 is 1.10 bits per heavy atom. The predicted octanol–water partition coefficient (Wildman–Crippen LogP) is 1.94. The second kappa shape index (κ2) is 5.32. The van der Waals surface area contributed by atoms with Crippen molar-refractivity contribution in [3.8, 4) is 0 Å². The van der Waals surface area contributed by atoms with Crippen LogP contribution in [0.15, 0.2) is 35.1 Å². The number of rotatable bonds is 3. The van der Waals surface area contributed by atoms with Crippen LogP contribution in [0, 0.1) is 13.8 Å². The first kappa shape index (κ1) is 13.2.